The molecule has 0 radical (unpaired) electrons. The molecule has 0 unspecified atom stereocenters. The molecule has 1 aliphatic carbocycles. The van der Waals surface area contributed by atoms with Crippen LogP contribution in [0, 0.1) is 37.9 Å². The van der Waals surface area contributed by atoms with Crippen LogP contribution in [0.5, 0.6) is 5.75 Å². The number of aryl methyl sites for hydroxylation is 2. The van der Waals surface area contributed by atoms with Gasteiger partial charge in [-0.3, -0.25) is 0 Å². The van der Waals surface area contributed by atoms with Crippen LogP contribution in [0.2, 0.25) is 5.02 Å². The molecular formula is C27H28ClFN2O2S. The Bertz CT molecular complexity index is 1290. The van der Waals surface area contributed by atoms with E-state index < -0.39 is 12.9 Å². The van der Waals surface area contributed by atoms with Crippen molar-refractivity contribution in [2.24, 2.45) is 5.92 Å². The molecule has 1 atom stereocenters. The Morgan fingerprint density at radius 2 is 2.18 bits per heavy atom. The second-order valence-corrected chi connectivity index (χ2v) is 10.2. The largest absolute Gasteiger partial charge is 0.496 e. The van der Waals surface area contributed by atoms with Gasteiger partial charge >= 0.3 is 0 Å². The van der Waals surface area contributed by atoms with E-state index in [0.717, 1.165) is 51.7 Å². The average Bonchev–Trinajstić information content (AvgIpc) is 3.57. The maximum absolute atomic E-state index is 14.6. The number of anilines is 1. The molecule has 2 aromatic carbocycles. The zero-order chi connectivity index (χ0) is 26.0. The van der Waals surface area contributed by atoms with Crippen LogP contribution in [-0.2, 0) is 6.61 Å². The van der Waals surface area contributed by atoms with Crippen LogP contribution in [0.25, 0.3) is 11.3 Å². The lowest BCUT2D eigenvalue weighted by Crippen LogP contribution is -2.29. The fourth-order valence-electron chi connectivity index (χ4n) is 4.15. The molecule has 1 aromatic heterocycles. The monoisotopic (exact) mass is 501 g/mol. The molecular weight excluding hydrogens is 472 g/mol. The molecule has 0 bridgehead atoms. The first-order valence-electron chi connectivity index (χ1n) is 12.3. The summed E-state index contributed by atoms with van der Waals surface area (Å²) < 4.78 is 34.6. The number of rotatable bonds is 9. The lowest BCUT2D eigenvalue weighted by molar-refractivity contribution is 0.275. The van der Waals surface area contributed by atoms with Crippen molar-refractivity contribution in [2.45, 2.75) is 45.8 Å². The molecule has 3 aromatic rings. The highest BCUT2D eigenvalue weighted by Gasteiger charge is 2.32. The molecule has 0 aliphatic heterocycles. The Kier molecular flexibility index (Phi) is 6.67. The first-order chi connectivity index (χ1) is 17.2. The first-order valence-corrected chi connectivity index (χ1v) is 12.3. The van der Waals surface area contributed by atoms with E-state index in [2.05, 4.69) is 10.8 Å². The number of thiazole rings is 1. The molecule has 1 fully saturated rings. The van der Waals surface area contributed by atoms with E-state index in [1.807, 2.05) is 26.0 Å². The van der Waals surface area contributed by atoms with Gasteiger partial charge in [0.1, 0.15) is 11.6 Å². The topological polar surface area (TPSA) is 45.6 Å². The molecule has 4 nitrogen and oxygen atoms in total. The van der Waals surface area contributed by atoms with Crippen LogP contribution >= 0.6 is 22.9 Å². The fraction of sp³-hybridized carbons (Fsp3) is 0.370. The van der Waals surface area contributed by atoms with Crippen LogP contribution in [0.1, 0.15) is 49.6 Å². The van der Waals surface area contributed by atoms with Crippen LogP contribution in [0.15, 0.2) is 30.3 Å². The number of benzene rings is 2. The highest BCUT2D eigenvalue weighted by Crippen LogP contribution is 2.44. The third kappa shape index (κ3) is 5.07. The molecule has 1 heterocycles. The molecule has 1 aliphatic rings. The van der Waals surface area contributed by atoms with Gasteiger partial charge in [0, 0.05) is 16.0 Å². The van der Waals surface area contributed by atoms with Crippen molar-refractivity contribution in [1.29, 1.82) is 0 Å². The number of hydrogen-bond donors (Lipinski definition) is 1. The van der Waals surface area contributed by atoms with Gasteiger partial charge in [0.25, 0.3) is 0 Å². The van der Waals surface area contributed by atoms with Crippen molar-refractivity contribution >= 4 is 28.1 Å². The van der Waals surface area contributed by atoms with Gasteiger partial charge in [0.15, 0.2) is 5.13 Å². The maximum Gasteiger partial charge on any atom is 0.187 e. The predicted octanol–water partition coefficient (Wildman–Crippen LogP) is 6.70. The highest BCUT2D eigenvalue weighted by molar-refractivity contribution is 7.16. The standard InChI is InChI=1S/C27H28ClFN2O2S/c1-5-10-31(24(12-18-6-7-18)19-8-9-20(15-32)23(29)13-19)27-30-26(17(3)34-27)21-11-16(2)25(33-4)14-22(21)28/h1,8-9,11,13-14,18,24,32H,6-7,10,12,15H2,2-4H3/t24-/m0/s1/i4+1D2. The minimum Gasteiger partial charge on any atom is -0.496 e. The lowest BCUT2D eigenvalue weighted by Gasteiger charge is -2.31. The number of aliphatic hydroxyl groups is 1. The Balaban J connectivity index is 1.74. The van der Waals surface area contributed by atoms with Crippen molar-refractivity contribution in [3.8, 4) is 29.4 Å². The summed E-state index contributed by atoms with van der Waals surface area (Å²) in [5, 5.41) is 10.5. The fourth-order valence-corrected chi connectivity index (χ4v) is 5.36. The summed E-state index contributed by atoms with van der Waals surface area (Å²) in [5.74, 6) is 3.25. The number of halogens is 2. The van der Waals surface area contributed by atoms with Crippen molar-refractivity contribution in [1.82, 2.24) is 4.98 Å². The molecule has 178 valence electrons. The van der Waals surface area contributed by atoms with Gasteiger partial charge in [-0.05, 0) is 55.5 Å². The number of terminal acetylenes is 1. The maximum atomic E-state index is 14.6. The molecule has 1 saturated carbocycles. The molecule has 0 amide bonds. The van der Waals surface area contributed by atoms with E-state index >= 15 is 0 Å². The summed E-state index contributed by atoms with van der Waals surface area (Å²) >= 11 is 8.08. The quantitative estimate of drug-likeness (QED) is 0.262. The third-order valence-corrected chi connectivity index (χ3v) is 7.52. The molecule has 4 rings (SSSR count). The van der Waals surface area contributed by atoms with E-state index in [1.54, 1.807) is 12.1 Å². The normalized spacial score (nSPS) is 15.0. The Morgan fingerprint density at radius 3 is 2.82 bits per heavy atom. The Labute approximate surface area is 212 Å². The lowest BCUT2D eigenvalue weighted by atomic mass is 9.98. The minimum absolute atomic E-state index is 0.159. The Hall–Kier alpha value is -2.59. The zero-order valence-corrected chi connectivity index (χ0v) is 20.7. The van der Waals surface area contributed by atoms with Gasteiger partial charge in [0.05, 0.1) is 39.7 Å². The average molecular weight is 502 g/mol. The van der Waals surface area contributed by atoms with E-state index in [1.165, 1.54) is 17.4 Å². The third-order valence-electron chi connectivity index (χ3n) is 6.20. The van der Waals surface area contributed by atoms with Gasteiger partial charge in [-0.1, -0.05) is 42.5 Å². The molecule has 0 spiro atoms. The first kappa shape index (κ1) is 21.9. The van der Waals surface area contributed by atoms with E-state index in [-0.39, 0.29) is 18.2 Å². The van der Waals surface area contributed by atoms with Gasteiger partial charge in [-0.25, -0.2) is 9.37 Å². The second kappa shape index (κ2) is 10.4. The smallest absolute Gasteiger partial charge is 0.187 e. The van der Waals surface area contributed by atoms with Crippen LogP contribution < -0.4 is 9.64 Å². The van der Waals surface area contributed by atoms with Crippen LogP contribution in [0.3, 0.4) is 0 Å². The van der Waals surface area contributed by atoms with Crippen LogP contribution in [0.4, 0.5) is 9.52 Å². The van der Waals surface area contributed by atoms with Crippen molar-refractivity contribution in [3.63, 3.8) is 0 Å². The van der Waals surface area contributed by atoms with E-state index in [9.17, 15) is 9.50 Å². The molecule has 7 heteroatoms. The number of aromatic nitrogens is 1. The van der Waals surface area contributed by atoms with E-state index in [0.29, 0.717) is 23.2 Å². The summed E-state index contributed by atoms with van der Waals surface area (Å²) in [4.78, 5) is 7.94. The number of ether oxygens (including phenoxy) is 1. The second-order valence-electron chi connectivity index (χ2n) is 8.65. The van der Waals surface area contributed by atoms with Crippen molar-refractivity contribution < 1.29 is 17.0 Å². The van der Waals surface area contributed by atoms with Crippen molar-refractivity contribution in [2.75, 3.05) is 18.5 Å². The van der Waals surface area contributed by atoms with Crippen LogP contribution in [-0.4, -0.2) is 23.7 Å². The number of methoxy groups -OCH3 is 1. The zero-order valence-electron chi connectivity index (χ0n) is 21.1. The minimum atomic E-state index is -1.45. The molecule has 34 heavy (non-hydrogen) atoms. The van der Waals surface area contributed by atoms with Crippen molar-refractivity contribution in [3.05, 3.63) is 62.7 Å². The number of hydrogen-bond acceptors (Lipinski definition) is 5. The SMILES string of the molecule is [2H][13CH]([2H])Oc1cc(Cl)c(-c2nc(N(CC#C)[C@@H](CC3CC3)c3ccc(CO)c(F)c3)sc2C)cc1C. The highest BCUT2D eigenvalue weighted by atomic mass is 35.5. The molecule has 1 N–H and O–H groups in total. The van der Waals surface area contributed by atoms with Gasteiger partial charge < -0.3 is 14.7 Å². The number of aliphatic hydroxyl groups excluding tert-OH is 1. The summed E-state index contributed by atoms with van der Waals surface area (Å²) in [6.07, 6.45) is 8.89. The van der Waals surface area contributed by atoms with Gasteiger partial charge in [-0.15, -0.1) is 17.8 Å². The van der Waals surface area contributed by atoms with Gasteiger partial charge in [-0.2, -0.15) is 0 Å². The van der Waals surface area contributed by atoms with E-state index in [4.69, 9.17) is 30.5 Å². The number of nitrogens with zero attached hydrogens (tertiary/aromatic N) is 2. The Morgan fingerprint density at radius 1 is 1.38 bits per heavy atom. The summed E-state index contributed by atoms with van der Waals surface area (Å²) in [6, 6.07) is 8.28. The summed E-state index contributed by atoms with van der Waals surface area (Å²) in [7, 11) is -1.45. The van der Waals surface area contributed by atoms with Gasteiger partial charge in [0.2, 0.25) is 0 Å². The summed E-state index contributed by atoms with van der Waals surface area (Å²) in [5.41, 5.74) is 3.26. The predicted molar refractivity (Wildman–Crippen MR) is 137 cm³/mol. The molecule has 0 saturated heterocycles. The summed E-state index contributed by atoms with van der Waals surface area (Å²) in [6.45, 7) is 3.76.